The fraction of sp³-hybridized carbons (Fsp3) is 0.222. The van der Waals surface area contributed by atoms with E-state index in [0.29, 0.717) is 0 Å². The summed E-state index contributed by atoms with van der Waals surface area (Å²) in [4.78, 5) is 10.6. The topological polar surface area (TPSA) is 50.1 Å². The second-order valence-corrected chi connectivity index (χ2v) is 2.32. The van der Waals surface area contributed by atoms with E-state index in [4.69, 9.17) is 10.5 Å². The molecule has 0 aliphatic carbocycles. The van der Waals surface area contributed by atoms with Crippen LogP contribution in [-0.4, -0.2) is 12.5 Å². The van der Waals surface area contributed by atoms with Crippen molar-refractivity contribution in [1.82, 2.24) is 0 Å². The van der Waals surface area contributed by atoms with Crippen molar-refractivity contribution in [2.45, 2.75) is 6.61 Å². The summed E-state index contributed by atoms with van der Waals surface area (Å²) < 4.78 is 4.75. The van der Waals surface area contributed by atoms with E-state index < -0.39 is 5.97 Å². The van der Waals surface area contributed by atoms with Gasteiger partial charge in [-0.05, 0) is 12.1 Å². The summed E-state index contributed by atoms with van der Waals surface area (Å²) in [6, 6.07) is 9.40. The number of carbonyl (C=O) groups excluding carboxylic acids is 1. The molecular weight excluding hydrogens is 243 g/mol. The molecule has 13 heavy (non-hydrogen) atoms. The van der Waals surface area contributed by atoms with Crippen molar-refractivity contribution in [3.8, 4) is 0 Å². The molecular formula is C9H10NO2Y-. The monoisotopic (exact) mass is 253 g/mol. The van der Waals surface area contributed by atoms with Gasteiger partial charge in [0.2, 0.25) is 0 Å². The Morgan fingerprint density at radius 2 is 1.92 bits per heavy atom. The summed E-state index contributed by atoms with van der Waals surface area (Å²) in [7, 11) is 0. The van der Waals surface area contributed by atoms with Crippen LogP contribution in [0.3, 0.4) is 0 Å². The molecule has 0 atom stereocenters. The third-order valence-electron chi connectivity index (χ3n) is 1.39. The molecule has 1 rings (SSSR count). The zero-order valence-electron chi connectivity index (χ0n) is 7.19. The van der Waals surface area contributed by atoms with Gasteiger partial charge >= 0.3 is 0 Å². The van der Waals surface area contributed by atoms with Gasteiger partial charge < -0.3 is 10.5 Å². The van der Waals surface area contributed by atoms with Crippen molar-refractivity contribution < 1.29 is 42.2 Å². The smallest absolute Gasteiger partial charge is 0.285 e. The molecule has 0 saturated carbocycles. The van der Waals surface area contributed by atoms with Crippen LogP contribution >= 0.6 is 0 Å². The number of hydrogen-bond acceptors (Lipinski definition) is 2. The molecule has 0 aliphatic heterocycles. The van der Waals surface area contributed by atoms with E-state index in [0.717, 1.165) is 5.56 Å². The van der Waals surface area contributed by atoms with E-state index in [1.165, 1.54) is 0 Å². The third-order valence-corrected chi connectivity index (χ3v) is 1.39. The number of esters is 1. The zero-order chi connectivity index (χ0) is 8.81. The first-order valence-electron chi connectivity index (χ1n) is 3.67. The second kappa shape index (κ2) is 7.19. The largest absolute Gasteiger partial charge is 0.668 e. The van der Waals surface area contributed by atoms with Gasteiger partial charge in [-0.25, -0.2) is 0 Å². The van der Waals surface area contributed by atoms with Crippen molar-refractivity contribution in [1.29, 1.82) is 0 Å². The summed E-state index contributed by atoms with van der Waals surface area (Å²) in [6.45, 7) is -0.0502. The summed E-state index contributed by atoms with van der Waals surface area (Å²) >= 11 is 0. The van der Waals surface area contributed by atoms with Gasteiger partial charge in [0.05, 0.1) is 0 Å². The van der Waals surface area contributed by atoms with Crippen LogP contribution in [0.25, 0.3) is 5.73 Å². The number of carbonyl (C=O) groups is 1. The molecule has 0 amide bonds. The van der Waals surface area contributed by atoms with Gasteiger partial charge in [0.15, 0.2) is 0 Å². The Morgan fingerprint density at radius 3 is 2.46 bits per heavy atom. The molecule has 1 radical (unpaired) electrons. The molecule has 0 bridgehead atoms. The fourth-order valence-corrected chi connectivity index (χ4v) is 0.789. The molecule has 0 spiro atoms. The summed E-state index contributed by atoms with van der Waals surface area (Å²) in [5.74, 6) is -0.487. The average molecular weight is 253 g/mol. The number of rotatable bonds is 3. The average Bonchev–Trinajstić information content (AvgIpc) is 2.16. The first-order chi connectivity index (χ1) is 5.83. The van der Waals surface area contributed by atoms with Gasteiger partial charge in [0, 0.05) is 32.7 Å². The molecule has 0 unspecified atom stereocenters. The molecule has 0 aromatic heterocycles. The van der Waals surface area contributed by atoms with Crippen LogP contribution in [0.2, 0.25) is 0 Å². The summed E-state index contributed by atoms with van der Waals surface area (Å²) in [5, 5.41) is 0. The Labute approximate surface area is 103 Å². The third kappa shape index (κ3) is 5.14. The Hall–Kier alpha value is -0.246. The minimum Gasteiger partial charge on any atom is -0.668 e. The zero-order valence-corrected chi connectivity index (χ0v) is 10.0. The van der Waals surface area contributed by atoms with Gasteiger partial charge in [-0.15, -0.1) is 0 Å². The molecule has 3 nitrogen and oxygen atoms in total. The van der Waals surface area contributed by atoms with E-state index in [9.17, 15) is 4.79 Å². The molecule has 1 N–H and O–H groups in total. The van der Waals surface area contributed by atoms with Gasteiger partial charge in [-0.2, -0.15) is 0 Å². The van der Waals surface area contributed by atoms with Gasteiger partial charge in [-0.3, -0.25) is 4.79 Å². The molecule has 4 heteroatoms. The van der Waals surface area contributed by atoms with E-state index in [1.807, 2.05) is 30.3 Å². The summed E-state index contributed by atoms with van der Waals surface area (Å²) in [5.41, 5.74) is 7.64. The van der Waals surface area contributed by atoms with E-state index in [-0.39, 0.29) is 45.9 Å². The molecule has 0 fully saturated rings. The standard InChI is InChI=1S/C9H10NO2.Y/c10-6-9(11)12-7-8-4-2-1-3-5-8;/h1-5,10H,6-7H2;/q-1;. The number of ether oxygens (including phenoxy) is 1. The van der Waals surface area contributed by atoms with E-state index in [2.05, 4.69) is 0 Å². The number of nitrogens with one attached hydrogen (secondary N) is 1. The Bertz CT molecular complexity index is 251. The molecule has 1 aromatic rings. The van der Waals surface area contributed by atoms with Crippen LogP contribution in [-0.2, 0) is 48.8 Å². The minimum absolute atomic E-state index is 0. The minimum atomic E-state index is -0.487. The van der Waals surface area contributed by atoms with Crippen molar-refractivity contribution in [3.63, 3.8) is 0 Å². The quantitative estimate of drug-likeness (QED) is 0.771. The first kappa shape index (κ1) is 12.8. The Kier molecular flexibility index (Phi) is 7.05. The predicted octanol–water partition coefficient (Wildman–Crippen LogP) is 1.78. The molecule has 1 aromatic carbocycles. The molecule has 0 saturated heterocycles. The maximum Gasteiger partial charge on any atom is 0.285 e. The maximum absolute atomic E-state index is 10.6. The van der Waals surface area contributed by atoms with Crippen LogP contribution in [0.15, 0.2) is 30.3 Å². The first-order valence-corrected chi connectivity index (χ1v) is 3.67. The van der Waals surface area contributed by atoms with E-state index in [1.54, 1.807) is 0 Å². The van der Waals surface area contributed by atoms with Crippen molar-refractivity contribution in [3.05, 3.63) is 41.6 Å². The van der Waals surface area contributed by atoms with Gasteiger partial charge in [0.25, 0.3) is 5.97 Å². The SMILES string of the molecule is [NH-]CC(=O)OCc1ccccc1.[Y]. The maximum atomic E-state index is 10.6. The summed E-state index contributed by atoms with van der Waals surface area (Å²) in [6.07, 6.45) is 0. The van der Waals surface area contributed by atoms with Crippen LogP contribution in [0.5, 0.6) is 0 Å². The molecule has 0 heterocycles. The Balaban J connectivity index is 0.00000144. The Morgan fingerprint density at radius 1 is 1.31 bits per heavy atom. The molecule has 67 valence electrons. The van der Waals surface area contributed by atoms with E-state index >= 15 is 0 Å². The van der Waals surface area contributed by atoms with Crippen molar-refractivity contribution >= 4 is 5.97 Å². The van der Waals surface area contributed by atoms with Gasteiger partial charge in [-0.1, -0.05) is 30.3 Å². The van der Waals surface area contributed by atoms with Crippen LogP contribution < -0.4 is 0 Å². The van der Waals surface area contributed by atoms with Crippen LogP contribution in [0, 0.1) is 0 Å². The second-order valence-electron chi connectivity index (χ2n) is 2.32. The van der Waals surface area contributed by atoms with Crippen molar-refractivity contribution in [2.24, 2.45) is 0 Å². The number of hydrogen-bond donors (Lipinski definition) is 0. The van der Waals surface area contributed by atoms with Crippen LogP contribution in [0.4, 0.5) is 0 Å². The van der Waals surface area contributed by atoms with Crippen molar-refractivity contribution in [2.75, 3.05) is 6.54 Å². The predicted molar refractivity (Wildman–Crippen MR) is 45.4 cm³/mol. The number of benzene rings is 1. The van der Waals surface area contributed by atoms with Gasteiger partial charge in [0.1, 0.15) is 6.61 Å². The normalized spacial score (nSPS) is 8.69. The van der Waals surface area contributed by atoms with Crippen LogP contribution in [0.1, 0.15) is 5.56 Å². The molecule has 0 aliphatic rings. The fourth-order valence-electron chi connectivity index (χ4n) is 0.789.